The third-order valence-electron chi connectivity index (χ3n) is 3.87. The Morgan fingerprint density at radius 2 is 2.00 bits per heavy atom. The molecule has 2 heterocycles. The van der Waals surface area contributed by atoms with E-state index in [1.54, 1.807) is 12.1 Å². The summed E-state index contributed by atoms with van der Waals surface area (Å²) in [4.78, 5) is 33.1. The molecule has 0 atom stereocenters. The van der Waals surface area contributed by atoms with Gasteiger partial charge in [0, 0.05) is 4.88 Å². The Morgan fingerprint density at radius 1 is 1.30 bits per heavy atom. The van der Waals surface area contributed by atoms with E-state index >= 15 is 0 Å². The van der Waals surface area contributed by atoms with Crippen molar-refractivity contribution in [2.75, 3.05) is 11.0 Å². The maximum atomic E-state index is 12.4. The molecule has 0 spiro atoms. The first-order chi connectivity index (χ1) is 12.7. The second kappa shape index (κ2) is 7.12. The number of thiophene rings is 1. The number of sulfonamides is 1. The molecule has 3 rings (SSSR count). The average molecular weight is 407 g/mol. The van der Waals surface area contributed by atoms with Gasteiger partial charge in [0.2, 0.25) is 10.0 Å². The molecule has 0 radical (unpaired) electrons. The van der Waals surface area contributed by atoms with E-state index in [9.17, 15) is 18.0 Å². The minimum absolute atomic E-state index is 0.0640. The molecule has 3 aromatic rings. The fourth-order valence-electron chi connectivity index (χ4n) is 2.53. The number of benzene rings is 1. The number of anilines is 1. The molecular weight excluding hydrogens is 390 g/mol. The summed E-state index contributed by atoms with van der Waals surface area (Å²) in [6.07, 6.45) is 0.990. The molecule has 0 aliphatic rings. The third kappa shape index (κ3) is 4.17. The molecule has 27 heavy (non-hydrogen) atoms. The van der Waals surface area contributed by atoms with Crippen molar-refractivity contribution in [1.82, 2.24) is 9.97 Å². The Labute approximate surface area is 159 Å². The molecule has 142 valence electrons. The lowest BCUT2D eigenvalue weighted by atomic mass is 10.2. The van der Waals surface area contributed by atoms with E-state index in [0.717, 1.165) is 16.7 Å². The monoisotopic (exact) mass is 407 g/mol. The molecule has 0 aliphatic carbocycles. The molecule has 0 saturated carbocycles. The molecule has 0 bridgehead atoms. The number of hydrogen-bond donors (Lipinski definition) is 2. The zero-order chi connectivity index (χ0) is 19.8. The lowest BCUT2D eigenvalue weighted by molar-refractivity contribution is 0.0463. The first kappa shape index (κ1) is 19.1. The Bertz CT molecular complexity index is 1190. The van der Waals surface area contributed by atoms with E-state index in [0.29, 0.717) is 10.2 Å². The van der Waals surface area contributed by atoms with Crippen LogP contribution in [0.4, 0.5) is 5.69 Å². The Hall–Kier alpha value is -2.72. The number of aromatic nitrogens is 2. The van der Waals surface area contributed by atoms with Crippen LogP contribution in [0.15, 0.2) is 29.1 Å². The molecule has 2 N–H and O–H groups in total. The summed E-state index contributed by atoms with van der Waals surface area (Å²) in [6.45, 7) is 3.52. The van der Waals surface area contributed by atoms with E-state index in [-0.39, 0.29) is 29.2 Å². The number of rotatable bonds is 5. The van der Waals surface area contributed by atoms with Crippen molar-refractivity contribution in [3.05, 3.63) is 56.4 Å². The van der Waals surface area contributed by atoms with Gasteiger partial charge in [-0.15, -0.1) is 11.3 Å². The van der Waals surface area contributed by atoms with Gasteiger partial charge >= 0.3 is 5.97 Å². The molecule has 0 amide bonds. The van der Waals surface area contributed by atoms with Gasteiger partial charge in [0.25, 0.3) is 5.56 Å². The Kier molecular flexibility index (Phi) is 5.03. The van der Waals surface area contributed by atoms with Gasteiger partial charge in [-0.3, -0.25) is 9.52 Å². The van der Waals surface area contributed by atoms with Crippen molar-refractivity contribution in [3.8, 4) is 0 Å². The molecule has 1 aromatic carbocycles. The lowest BCUT2D eigenvalue weighted by Crippen LogP contribution is -2.16. The summed E-state index contributed by atoms with van der Waals surface area (Å²) < 4.78 is 30.3. The highest BCUT2D eigenvalue weighted by atomic mass is 32.2. The number of fused-ring (bicyclic) bond motifs is 1. The number of nitrogens with zero attached hydrogens (tertiary/aromatic N) is 1. The van der Waals surface area contributed by atoms with Gasteiger partial charge in [0.15, 0.2) is 0 Å². The molecule has 2 aromatic heterocycles. The van der Waals surface area contributed by atoms with Crippen LogP contribution in [0.1, 0.15) is 26.6 Å². The van der Waals surface area contributed by atoms with Gasteiger partial charge in [0.05, 0.1) is 22.9 Å². The molecule has 0 fully saturated rings. The summed E-state index contributed by atoms with van der Waals surface area (Å²) in [5.41, 5.74) is 0.778. The van der Waals surface area contributed by atoms with Gasteiger partial charge < -0.3 is 9.72 Å². The van der Waals surface area contributed by atoms with Crippen LogP contribution in [-0.2, 0) is 21.4 Å². The summed E-state index contributed by atoms with van der Waals surface area (Å²) in [6, 6.07) is 6.09. The highest BCUT2D eigenvalue weighted by Gasteiger charge is 2.17. The molecule has 0 saturated heterocycles. The predicted octanol–water partition coefficient (Wildman–Crippen LogP) is 2.33. The van der Waals surface area contributed by atoms with Gasteiger partial charge in [-0.25, -0.2) is 18.2 Å². The van der Waals surface area contributed by atoms with Crippen LogP contribution >= 0.6 is 11.3 Å². The zero-order valence-corrected chi connectivity index (χ0v) is 16.5. The number of nitrogens with one attached hydrogen (secondary N) is 2. The number of aryl methyl sites for hydroxylation is 2. The number of para-hydroxylation sites is 1. The smallest absolute Gasteiger partial charge is 0.340 e. The summed E-state index contributed by atoms with van der Waals surface area (Å²) >= 11 is 1.40. The van der Waals surface area contributed by atoms with Crippen LogP contribution in [0.5, 0.6) is 0 Å². The SMILES string of the molecule is Cc1sc2nc(COC(=O)c3ccccc3NS(C)(=O)=O)[nH]c(=O)c2c1C. The predicted molar refractivity (Wildman–Crippen MR) is 104 cm³/mol. The first-order valence-corrected chi connectivity index (χ1v) is 10.6. The second-order valence-electron chi connectivity index (χ2n) is 5.97. The molecule has 0 unspecified atom stereocenters. The number of ether oxygens (including phenoxy) is 1. The van der Waals surface area contributed by atoms with E-state index in [4.69, 9.17) is 4.74 Å². The Balaban J connectivity index is 1.83. The van der Waals surface area contributed by atoms with Crippen molar-refractivity contribution in [3.63, 3.8) is 0 Å². The minimum Gasteiger partial charge on any atom is -0.454 e. The number of carbonyl (C=O) groups excluding carboxylic acids is 1. The quantitative estimate of drug-likeness (QED) is 0.627. The maximum Gasteiger partial charge on any atom is 0.340 e. The maximum absolute atomic E-state index is 12.4. The number of carbonyl (C=O) groups is 1. The van der Waals surface area contributed by atoms with Crippen LogP contribution in [0.2, 0.25) is 0 Å². The van der Waals surface area contributed by atoms with E-state index in [1.807, 2.05) is 13.8 Å². The second-order valence-corrected chi connectivity index (χ2v) is 8.92. The number of esters is 1. The largest absolute Gasteiger partial charge is 0.454 e. The lowest BCUT2D eigenvalue weighted by Gasteiger charge is -2.10. The molecule has 8 nitrogen and oxygen atoms in total. The van der Waals surface area contributed by atoms with Crippen molar-refractivity contribution < 1.29 is 17.9 Å². The summed E-state index contributed by atoms with van der Waals surface area (Å²) in [5.74, 6) is -0.515. The highest BCUT2D eigenvalue weighted by molar-refractivity contribution is 7.92. The summed E-state index contributed by atoms with van der Waals surface area (Å²) in [5, 5.41) is 0.537. The average Bonchev–Trinajstić information content (AvgIpc) is 2.86. The van der Waals surface area contributed by atoms with Gasteiger partial charge in [-0.2, -0.15) is 0 Å². The van der Waals surface area contributed by atoms with Crippen molar-refractivity contribution in [2.24, 2.45) is 0 Å². The summed E-state index contributed by atoms with van der Waals surface area (Å²) in [7, 11) is -3.55. The van der Waals surface area contributed by atoms with E-state index in [1.165, 1.54) is 23.5 Å². The third-order valence-corrected chi connectivity index (χ3v) is 5.56. The van der Waals surface area contributed by atoms with Crippen LogP contribution in [0.3, 0.4) is 0 Å². The number of aromatic amines is 1. The van der Waals surface area contributed by atoms with Crippen LogP contribution in [0.25, 0.3) is 10.2 Å². The molecule has 10 heteroatoms. The first-order valence-electron chi connectivity index (χ1n) is 7.88. The van der Waals surface area contributed by atoms with Gasteiger partial charge in [-0.1, -0.05) is 12.1 Å². The van der Waals surface area contributed by atoms with Crippen LogP contribution < -0.4 is 10.3 Å². The van der Waals surface area contributed by atoms with Gasteiger partial charge in [0.1, 0.15) is 17.3 Å². The number of hydrogen-bond acceptors (Lipinski definition) is 7. The molecule has 0 aliphatic heterocycles. The van der Waals surface area contributed by atoms with Gasteiger partial charge in [-0.05, 0) is 31.5 Å². The van der Waals surface area contributed by atoms with Crippen LogP contribution in [0, 0.1) is 13.8 Å². The van der Waals surface area contributed by atoms with Crippen molar-refractivity contribution in [1.29, 1.82) is 0 Å². The molecular formula is C17H17N3O5S2. The topological polar surface area (TPSA) is 118 Å². The van der Waals surface area contributed by atoms with E-state index in [2.05, 4.69) is 14.7 Å². The van der Waals surface area contributed by atoms with Crippen molar-refractivity contribution in [2.45, 2.75) is 20.5 Å². The number of H-pyrrole nitrogens is 1. The Morgan fingerprint density at radius 3 is 2.70 bits per heavy atom. The fourth-order valence-corrected chi connectivity index (χ4v) is 4.16. The normalized spacial score (nSPS) is 11.5. The zero-order valence-electron chi connectivity index (χ0n) is 14.8. The standard InChI is InChI=1S/C17H17N3O5S2/c1-9-10(2)26-16-14(9)15(21)18-13(19-16)8-25-17(22)11-6-4-5-7-12(11)20-27(3,23)24/h4-7,20H,8H2,1-3H3,(H,18,19,21). The fraction of sp³-hybridized carbons (Fsp3) is 0.235. The van der Waals surface area contributed by atoms with Crippen LogP contribution in [-0.4, -0.2) is 30.6 Å². The van der Waals surface area contributed by atoms with E-state index < -0.39 is 16.0 Å². The minimum atomic E-state index is -3.55. The van der Waals surface area contributed by atoms with Crippen molar-refractivity contribution >= 4 is 43.2 Å². The highest BCUT2D eigenvalue weighted by Crippen LogP contribution is 2.25.